The summed E-state index contributed by atoms with van der Waals surface area (Å²) >= 11 is 1.62. The SMILES string of the molecule is CN(C)c1ccc(C(=O)N[C@@H]2C[C@H]3C(=O)NC[C@@H](CCC(=O)NCc4cccs4)N3C2)cc1. The summed E-state index contributed by atoms with van der Waals surface area (Å²) in [6, 6.07) is 11.2. The highest BCUT2D eigenvalue weighted by molar-refractivity contribution is 7.09. The Hall–Kier alpha value is -2.91. The third-order valence-electron chi connectivity index (χ3n) is 6.35. The first kappa shape index (κ1) is 23.3. The Balaban J connectivity index is 1.29. The Labute approximate surface area is 198 Å². The molecule has 0 radical (unpaired) electrons. The van der Waals surface area contributed by atoms with Gasteiger partial charge in [-0.25, -0.2) is 0 Å². The van der Waals surface area contributed by atoms with Crippen LogP contribution in [0.2, 0.25) is 0 Å². The fraction of sp³-hybridized carbons (Fsp3) is 0.458. The second kappa shape index (κ2) is 10.4. The number of carbonyl (C=O) groups is 3. The van der Waals surface area contributed by atoms with Crippen LogP contribution in [0.4, 0.5) is 5.69 Å². The minimum absolute atomic E-state index is 0.000446. The highest BCUT2D eigenvalue weighted by Gasteiger charge is 2.43. The van der Waals surface area contributed by atoms with Crippen molar-refractivity contribution >= 4 is 34.7 Å². The molecule has 9 heteroatoms. The zero-order valence-electron chi connectivity index (χ0n) is 19.0. The molecule has 0 unspecified atom stereocenters. The summed E-state index contributed by atoms with van der Waals surface area (Å²) in [7, 11) is 3.91. The summed E-state index contributed by atoms with van der Waals surface area (Å²) in [6.45, 7) is 1.69. The third-order valence-corrected chi connectivity index (χ3v) is 7.22. The smallest absolute Gasteiger partial charge is 0.251 e. The van der Waals surface area contributed by atoms with Gasteiger partial charge in [0.15, 0.2) is 0 Å². The topological polar surface area (TPSA) is 93.8 Å². The van der Waals surface area contributed by atoms with Crippen LogP contribution in [0, 0.1) is 0 Å². The van der Waals surface area contributed by atoms with E-state index in [-0.39, 0.29) is 35.8 Å². The number of nitrogens with one attached hydrogen (secondary N) is 3. The molecule has 2 saturated heterocycles. The van der Waals surface area contributed by atoms with Crippen molar-refractivity contribution < 1.29 is 14.4 Å². The van der Waals surface area contributed by atoms with Crippen molar-refractivity contribution in [2.24, 2.45) is 0 Å². The van der Waals surface area contributed by atoms with Crippen LogP contribution in [0.3, 0.4) is 0 Å². The van der Waals surface area contributed by atoms with E-state index >= 15 is 0 Å². The van der Waals surface area contributed by atoms with E-state index in [0.717, 1.165) is 10.6 Å². The number of anilines is 1. The predicted molar refractivity (Wildman–Crippen MR) is 129 cm³/mol. The van der Waals surface area contributed by atoms with Crippen molar-refractivity contribution in [3.8, 4) is 0 Å². The molecule has 33 heavy (non-hydrogen) atoms. The summed E-state index contributed by atoms with van der Waals surface area (Å²) in [5.74, 6) is -0.113. The summed E-state index contributed by atoms with van der Waals surface area (Å²) < 4.78 is 0. The summed E-state index contributed by atoms with van der Waals surface area (Å²) in [4.78, 5) is 42.8. The Morgan fingerprint density at radius 3 is 2.70 bits per heavy atom. The van der Waals surface area contributed by atoms with Crippen molar-refractivity contribution in [3.05, 3.63) is 52.2 Å². The Morgan fingerprint density at radius 2 is 2.00 bits per heavy atom. The second-order valence-corrected chi connectivity index (χ2v) is 9.89. The van der Waals surface area contributed by atoms with Crippen LogP contribution in [0.1, 0.15) is 34.5 Å². The number of thiophene rings is 1. The molecule has 1 aromatic carbocycles. The minimum Gasteiger partial charge on any atom is -0.378 e. The Morgan fingerprint density at radius 1 is 1.21 bits per heavy atom. The molecule has 3 heterocycles. The van der Waals surface area contributed by atoms with Crippen LogP contribution in [-0.4, -0.2) is 67.9 Å². The highest BCUT2D eigenvalue weighted by Crippen LogP contribution is 2.26. The standard InChI is InChI=1S/C24H31N5O3S/c1-28(2)18-7-5-16(6-8-18)23(31)27-17-12-21-24(32)26-13-19(29(21)15-17)9-10-22(30)25-14-20-4-3-11-33-20/h3-8,11,17,19,21H,9-10,12-15H2,1-2H3,(H,25,30)(H,26,32)(H,27,31)/t17-,19-,21+/m1/s1. The number of benzene rings is 1. The lowest BCUT2D eigenvalue weighted by molar-refractivity contribution is -0.129. The molecular formula is C24H31N5O3S. The maximum absolute atomic E-state index is 12.7. The van der Waals surface area contributed by atoms with Crippen molar-refractivity contribution in [2.45, 2.75) is 43.9 Å². The van der Waals surface area contributed by atoms with E-state index in [4.69, 9.17) is 0 Å². The van der Waals surface area contributed by atoms with Gasteiger partial charge in [0.1, 0.15) is 0 Å². The van der Waals surface area contributed by atoms with Gasteiger partial charge in [0.05, 0.1) is 12.6 Å². The first-order valence-electron chi connectivity index (χ1n) is 11.3. The molecule has 0 saturated carbocycles. The minimum atomic E-state index is -0.264. The average Bonchev–Trinajstić information content (AvgIpc) is 3.48. The van der Waals surface area contributed by atoms with Crippen LogP contribution in [0.15, 0.2) is 41.8 Å². The van der Waals surface area contributed by atoms with Gasteiger partial charge in [-0.1, -0.05) is 6.07 Å². The fourth-order valence-corrected chi connectivity index (χ4v) is 5.16. The lowest BCUT2D eigenvalue weighted by atomic mass is 10.0. The van der Waals surface area contributed by atoms with E-state index in [1.54, 1.807) is 11.3 Å². The van der Waals surface area contributed by atoms with Crippen LogP contribution in [0.25, 0.3) is 0 Å². The van der Waals surface area contributed by atoms with Gasteiger partial charge in [0, 0.05) is 61.8 Å². The number of amides is 3. The van der Waals surface area contributed by atoms with Gasteiger partial charge < -0.3 is 20.9 Å². The van der Waals surface area contributed by atoms with Gasteiger partial charge in [-0.3, -0.25) is 19.3 Å². The largest absolute Gasteiger partial charge is 0.378 e. The summed E-state index contributed by atoms with van der Waals surface area (Å²) in [6.07, 6.45) is 1.65. The van der Waals surface area contributed by atoms with E-state index in [9.17, 15) is 14.4 Å². The normalized spacial score (nSPS) is 22.4. The number of piperazine rings is 1. The molecule has 0 bridgehead atoms. The number of hydrogen-bond donors (Lipinski definition) is 3. The molecule has 2 aliphatic heterocycles. The molecule has 176 valence electrons. The molecule has 2 aromatic rings. The van der Waals surface area contributed by atoms with Crippen molar-refractivity contribution in [3.63, 3.8) is 0 Å². The molecule has 2 fully saturated rings. The molecule has 1 aromatic heterocycles. The monoisotopic (exact) mass is 469 g/mol. The second-order valence-electron chi connectivity index (χ2n) is 8.85. The lowest BCUT2D eigenvalue weighted by Gasteiger charge is -2.37. The quantitative estimate of drug-likeness (QED) is 0.546. The zero-order chi connectivity index (χ0) is 23.4. The van der Waals surface area contributed by atoms with Crippen molar-refractivity contribution in [2.75, 3.05) is 32.1 Å². The molecule has 8 nitrogen and oxygen atoms in total. The first-order chi connectivity index (χ1) is 15.9. The maximum atomic E-state index is 12.7. The van der Waals surface area contributed by atoms with E-state index in [1.165, 1.54) is 0 Å². The van der Waals surface area contributed by atoms with Gasteiger partial charge >= 0.3 is 0 Å². The van der Waals surface area contributed by atoms with Gasteiger partial charge in [-0.2, -0.15) is 0 Å². The highest BCUT2D eigenvalue weighted by atomic mass is 32.1. The number of carbonyl (C=O) groups excluding carboxylic acids is 3. The molecular weight excluding hydrogens is 438 g/mol. The number of fused-ring (bicyclic) bond motifs is 1. The number of hydrogen-bond acceptors (Lipinski definition) is 6. The van der Waals surface area contributed by atoms with E-state index in [0.29, 0.717) is 44.5 Å². The fourth-order valence-electron chi connectivity index (χ4n) is 4.51. The van der Waals surface area contributed by atoms with E-state index in [1.807, 2.05) is 60.8 Å². The molecule has 2 aliphatic rings. The van der Waals surface area contributed by atoms with Crippen LogP contribution in [-0.2, 0) is 16.1 Å². The van der Waals surface area contributed by atoms with E-state index in [2.05, 4.69) is 20.9 Å². The lowest BCUT2D eigenvalue weighted by Crippen LogP contribution is -2.58. The first-order valence-corrected chi connectivity index (χ1v) is 12.2. The number of rotatable bonds is 8. The van der Waals surface area contributed by atoms with Gasteiger partial charge in [0.2, 0.25) is 11.8 Å². The van der Waals surface area contributed by atoms with Crippen molar-refractivity contribution in [1.29, 1.82) is 0 Å². The van der Waals surface area contributed by atoms with Crippen LogP contribution < -0.4 is 20.9 Å². The molecule has 0 aliphatic carbocycles. The third kappa shape index (κ3) is 5.72. The summed E-state index contributed by atoms with van der Waals surface area (Å²) in [5.41, 5.74) is 1.64. The van der Waals surface area contributed by atoms with E-state index < -0.39 is 0 Å². The molecule has 3 N–H and O–H groups in total. The van der Waals surface area contributed by atoms with Crippen molar-refractivity contribution in [1.82, 2.24) is 20.9 Å². The summed E-state index contributed by atoms with van der Waals surface area (Å²) in [5, 5.41) is 11.0. The van der Waals surface area contributed by atoms with Crippen LogP contribution >= 0.6 is 11.3 Å². The Bertz CT molecular complexity index is 976. The average molecular weight is 470 g/mol. The van der Waals surface area contributed by atoms with Gasteiger partial charge in [-0.05, 0) is 48.6 Å². The predicted octanol–water partition coefficient (Wildman–Crippen LogP) is 1.58. The van der Waals surface area contributed by atoms with Gasteiger partial charge in [0.25, 0.3) is 5.91 Å². The van der Waals surface area contributed by atoms with Crippen LogP contribution in [0.5, 0.6) is 0 Å². The molecule has 3 atom stereocenters. The zero-order valence-corrected chi connectivity index (χ0v) is 19.9. The maximum Gasteiger partial charge on any atom is 0.251 e. The Kier molecular flexibility index (Phi) is 7.29. The molecule has 3 amide bonds. The van der Waals surface area contributed by atoms with Gasteiger partial charge in [-0.15, -0.1) is 11.3 Å². The molecule has 4 rings (SSSR count). The number of nitrogens with zero attached hydrogens (tertiary/aromatic N) is 2. The molecule has 0 spiro atoms.